The fourth-order valence-corrected chi connectivity index (χ4v) is 2.59. The standard InChI is InChI=1S/C12H22N2S/c1-4-13-7-11(5-10(2)3)6-12-8-14-9-15-12/h8-11,13H,4-7H2,1-3H3. The predicted molar refractivity (Wildman–Crippen MR) is 67.3 cm³/mol. The Morgan fingerprint density at radius 3 is 2.80 bits per heavy atom. The van der Waals surface area contributed by atoms with E-state index in [1.54, 1.807) is 11.3 Å². The molecular formula is C12H22N2S. The third kappa shape index (κ3) is 5.28. The molecule has 15 heavy (non-hydrogen) atoms. The van der Waals surface area contributed by atoms with Crippen LogP contribution in [0.3, 0.4) is 0 Å². The molecule has 0 saturated carbocycles. The normalized spacial score (nSPS) is 13.3. The van der Waals surface area contributed by atoms with E-state index in [0.717, 1.165) is 24.9 Å². The van der Waals surface area contributed by atoms with E-state index in [9.17, 15) is 0 Å². The Kier molecular flexibility index (Phi) is 5.88. The van der Waals surface area contributed by atoms with Crippen molar-refractivity contribution in [3.63, 3.8) is 0 Å². The summed E-state index contributed by atoms with van der Waals surface area (Å²) in [5, 5.41) is 3.45. The van der Waals surface area contributed by atoms with Crippen LogP contribution in [0.1, 0.15) is 32.1 Å². The molecule has 0 aromatic carbocycles. The van der Waals surface area contributed by atoms with E-state index in [-0.39, 0.29) is 0 Å². The molecule has 0 saturated heterocycles. The van der Waals surface area contributed by atoms with Gasteiger partial charge in [-0.2, -0.15) is 0 Å². The number of hydrogen-bond donors (Lipinski definition) is 1. The monoisotopic (exact) mass is 226 g/mol. The van der Waals surface area contributed by atoms with Crippen LogP contribution >= 0.6 is 11.3 Å². The summed E-state index contributed by atoms with van der Waals surface area (Å²) in [7, 11) is 0. The molecule has 1 unspecified atom stereocenters. The van der Waals surface area contributed by atoms with Gasteiger partial charge in [0.25, 0.3) is 0 Å². The molecule has 0 aliphatic carbocycles. The second-order valence-electron chi connectivity index (χ2n) is 4.48. The minimum atomic E-state index is 0.755. The first-order valence-corrected chi connectivity index (χ1v) is 6.68. The molecule has 1 aromatic heterocycles. The summed E-state index contributed by atoms with van der Waals surface area (Å²) in [4.78, 5) is 5.55. The van der Waals surface area contributed by atoms with E-state index in [2.05, 4.69) is 31.1 Å². The molecule has 0 fully saturated rings. The lowest BCUT2D eigenvalue weighted by Crippen LogP contribution is -2.25. The van der Waals surface area contributed by atoms with Gasteiger partial charge in [0.2, 0.25) is 0 Å². The molecule has 0 radical (unpaired) electrons. The Bertz CT molecular complexity index is 244. The highest BCUT2D eigenvalue weighted by Gasteiger charge is 2.12. The van der Waals surface area contributed by atoms with Crippen LogP contribution in [0.15, 0.2) is 11.7 Å². The average Bonchev–Trinajstić information content (AvgIpc) is 2.66. The maximum atomic E-state index is 4.13. The van der Waals surface area contributed by atoms with Gasteiger partial charge in [0.1, 0.15) is 0 Å². The van der Waals surface area contributed by atoms with E-state index in [4.69, 9.17) is 0 Å². The number of nitrogens with one attached hydrogen (secondary N) is 1. The second kappa shape index (κ2) is 6.96. The van der Waals surface area contributed by atoms with Crippen molar-refractivity contribution >= 4 is 11.3 Å². The first-order chi connectivity index (χ1) is 7.22. The van der Waals surface area contributed by atoms with Crippen LogP contribution < -0.4 is 5.32 Å². The Morgan fingerprint density at radius 1 is 1.47 bits per heavy atom. The highest BCUT2D eigenvalue weighted by molar-refractivity contribution is 7.09. The van der Waals surface area contributed by atoms with Gasteiger partial charge in [0.15, 0.2) is 0 Å². The molecule has 3 heteroatoms. The average molecular weight is 226 g/mol. The summed E-state index contributed by atoms with van der Waals surface area (Å²) >= 11 is 1.77. The number of nitrogens with zero attached hydrogens (tertiary/aromatic N) is 1. The van der Waals surface area contributed by atoms with Crippen molar-refractivity contribution in [2.45, 2.75) is 33.6 Å². The SMILES string of the molecule is CCNCC(Cc1cncs1)CC(C)C. The van der Waals surface area contributed by atoms with Crippen LogP contribution in [0.5, 0.6) is 0 Å². The summed E-state index contributed by atoms with van der Waals surface area (Å²) in [6.45, 7) is 8.96. The van der Waals surface area contributed by atoms with Crippen LogP contribution in [0, 0.1) is 11.8 Å². The van der Waals surface area contributed by atoms with Gasteiger partial charge in [-0.1, -0.05) is 20.8 Å². The van der Waals surface area contributed by atoms with Crippen LogP contribution in [0.25, 0.3) is 0 Å². The highest BCUT2D eigenvalue weighted by atomic mass is 32.1. The summed E-state index contributed by atoms with van der Waals surface area (Å²) in [6.07, 6.45) is 4.48. The van der Waals surface area contributed by atoms with E-state index in [1.165, 1.54) is 17.7 Å². The molecule has 1 aromatic rings. The molecule has 0 spiro atoms. The largest absolute Gasteiger partial charge is 0.317 e. The Balaban J connectivity index is 2.41. The fourth-order valence-electron chi connectivity index (χ4n) is 1.88. The number of aromatic nitrogens is 1. The highest BCUT2D eigenvalue weighted by Crippen LogP contribution is 2.18. The zero-order valence-corrected chi connectivity index (χ0v) is 10.8. The Labute approximate surface area is 97.1 Å². The lowest BCUT2D eigenvalue weighted by molar-refractivity contribution is 0.390. The molecule has 1 atom stereocenters. The van der Waals surface area contributed by atoms with Crippen molar-refractivity contribution in [3.05, 3.63) is 16.6 Å². The summed E-state index contributed by atoms with van der Waals surface area (Å²) in [6, 6.07) is 0. The van der Waals surface area contributed by atoms with Crippen molar-refractivity contribution in [2.75, 3.05) is 13.1 Å². The van der Waals surface area contributed by atoms with Gasteiger partial charge in [-0.15, -0.1) is 11.3 Å². The van der Waals surface area contributed by atoms with Crippen molar-refractivity contribution < 1.29 is 0 Å². The molecule has 1 rings (SSSR count). The molecule has 0 amide bonds. The van der Waals surface area contributed by atoms with Crippen LogP contribution in [0.4, 0.5) is 0 Å². The van der Waals surface area contributed by atoms with Gasteiger partial charge in [-0.3, -0.25) is 4.98 Å². The molecule has 86 valence electrons. The lowest BCUT2D eigenvalue weighted by atomic mass is 9.93. The fraction of sp³-hybridized carbons (Fsp3) is 0.750. The Hall–Kier alpha value is -0.410. The summed E-state index contributed by atoms with van der Waals surface area (Å²) in [5.41, 5.74) is 1.93. The van der Waals surface area contributed by atoms with E-state index < -0.39 is 0 Å². The van der Waals surface area contributed by atoms with E-state index in [1.807, 2.05) is 11.7 Å². The molecule has 1 N–H and O–H groups in total. The van der Waals surface area contributed by atoms with Gasteiger partial charge in [0, 0.05) is 11.1 Å². The molecular weight excluding hydrogens is 204 g/mol. The Morgan fingerprint density at radius 2 is 2.27 bits per heavy atom. The number of rotatable bonds is 7. The molecule has 0 bridgehead atoms. The van der Waals surface area contributed by atoms with Crippen molar-refractivity contribution in [2.24, 2.45) is 11.8 Å². The molecule has 1 heterocycles. The molecule has 0 aliphatic heterocycles. The topological polar surface area (TPSA) is 24.9 Å². The third-order valence-corrected chi connectivity index (χ3v) is 3.26. The van der Waals surface area contributed by atoms with Crippen molar-refractivity contribution in [1.29, 1.82) is 0 Å². The van der Waals surface area contributed by atoms with E-state index >= 15 is 0 Å². The van der Waals surface area contributed by atoms with Gasteiger partial charge in [-0.25, -0.2) is 0 Å². The van der Waals surface area contributed by atoms with Gasteiger partial charge in [-0.05, 0) is 37.8 Å². The van der Waals surface area contributed by atoms with E-state index in [0.29, 0.717) is 0 Å². The minimum Gasteiger partial charge on any atom is -0.317 e. The molecule has 2 nitrogen and oxygen atoms in total. The van der Waals surface area contributed by atoms with Crippen molar-refractivity contribution in [1.82, 2.24) is 10.3 Å². The minimum absolute atomic E-state index is 0.755. The lowest BCUT2D eigenvalue weighted by Gasteiger charge is -2.18. The predicted octanol–water partition coefficient (Wildman–Crippen LogP) is 2.96. The first-order valence-electron chi connectivity index (χ1n) is 5.80. The maximum absolute atomic E-state index is 4.13. The zero-order chi connectivity index (χ0) is 11.1. The smallest absolute Gasteiger partial charge is 0.0794 e. The van der Waals surface area contributed by atoms with Crippen LogP contribution in [0.2, 0.25) is 0 Å². The first kappa shape index (κ1) is 12.7. The van der Waals surface area contributed by atoms with Crippen LogP contribution in [-0.2, 0) is 6.42 Å². The van der Waals surface area contributed by atoms with Gasteiger partial charge in [0.05, 0.1) is 5.51 Å². The quantitative estimate of drug-likeness (QED) is 0.773. The summed E-state index contributed by atoms with van der Waals surface area (Å²) in [5.74, 6) is 1.53. The maximum Gasteiger partial charge on any atom is 0.0794 e. The van der Waals surface area contributed by atoms with Crippen LogP contribution in [-0.4, -0.2) is 18.1 Å². The zero-order valence-electron chi connectivity index (χ0n) is 9.99. The third-order valence-electron chi connectivity index (χ3n) is 2.46. The molecule has 0 aliphatic rings. The number of hydrogen-bond acceptors (Lipinski definition) is 3. The second-order valence-corrected chi connectivity index (χ2v) is 5.45. The summed E-state index contributed by atoms with van der Waals surface area (Å²) < 4.78 is 0. The van der Waals surface area contributed by atoms with Gasteiger partial charge >= 0.3 is 0 Å². The van der Waals surface area contributed by atoms with Gasteiger partial charge < -0.3 is 5.32 Å². The van der Waals surface area contributed by atoms with Crippen molar-refractivity contribution in [3.8, 4) is 0 Å². The number of thiazole rings is 1.